The molecule has 0 saturated carbocycles. The lowest BCUT2D eigenvalue weighted by molar-refractivity contribution is -0.347. The van der Waals surface area contributed by atoms with Crippen molar-refractivity contribution in [3.63, 3.8) is 0 Å². The number of fused-ring (bicyclic) bond motifs is 1. The summed E-state index contributed by atoms with van der Waals surface area (Å²) in [5.74, 6) is 0.531. The molecule has 0 radical (unpaired) electrons. The molecule has 0 aliphatic carbocycles. The Morgan fingerprint density at radius 1 is 1.21 bits per heavy atom. The van der Waals surface area contributed by atoms with Gasteiger partial charge < -0.3 is 14.5 Å². The highest BCUT2D eigenvalue weighted by Gasteiger charge is 2.18. The molecular formula is C21H16Cl2N3O3+. The van der Waals surface area contributed by atoms with E-state index in [1.165, 1.54) is 0 Å². The maximum atomic E-state index is 12.4. The molecule has 0 bridgehead atoms. The molecule has 4 rings (SSSR count). The molecule has 2 heterocycles. The van der Waals surface area contributed by atoms with Crippen LogP contribution >= 0.6 is 23.2 Å². The molecule has 4 aromatic rings. The van der Waals surface area contributed by atoms with Crippen LogP contribution in [0.15, 0.2) is 59.1 Å². The summed E-state index contributed by atoms with van der Waals surface area (Å²) < 4.78 is 11.3. The van der Waals surface area contributed by atoms with Crippen LogP contribution in [0.25, 0.3) is 22.7 Å². The number of nitrogens with zero attached hydrogens (tertiary/aromatic N) is 1. The van der Waals surface area contributed by atoms with E-state index in [2.05, 4.69) is 15.3 Å². The minimum absolute atomic E-state index is 0.192. The van der Waals surface area contributed by atoms with E-state index in [0.29, 0.717) is 38.6 Å². The van der Waals surface area contributed by atoms with Gasteiger partial charge in [0.2, 0.25) is 5.58 Å². The van der Waals surface area contributed by atoms with Gasteiger partial charge in [0.1, 0.15) is 5.75 Å². The van der Waals surface area contributed by atoms with Crippen molar-refractivity contribution in [2.24, 2.45) is 0 Å². The Balaban J connectivity index is 1.49. The lowest BCUT2D eigenvalue weighted by Crippen LogP contribution is -2.20. The molecular weight excluding hydrogens is 413 g/mol. The highest BCUT2D eigenvalue weighted by Crippen LogP contribution is 2.28. The maximum absolute atomic E-state index is 12.4. The molecule has 2 N–H and O–H groups in total. The summed E-state index contributed by atoms with van der Waals surface area (Å²) in [4.78, 5) is 19.8. The summed E-state index contributed by atoms with van der Waals surface area (Å²) in [5.41, 5.74) is 3.60. The number of nitrogens with one attached hydrogen (secondary N) is 2. The van der Waals surface area contributed by atoms with Gasteiger partial charge >= 0.3 is 11.5 Å². The second-order valence-electron chi connectivity index (χ2n) is 6.34. The first-order valence-corrected chi connectivity index (χ1v) is 9.51. The highest BCUT2D eigenvalue weighted by molar-refractivity contribution is 6.35. The number of carbonyl (C=O) groups is 1. The number of ether oxygens (including phenoxy) is 1. The summed E-state index contributed by atoms with van der Waals surface area (Å²) in [6.07, 6.45) is 1.78. The van der Waals surface area contributed by atoms with Gasteiger partial charge in [-0.3, -0.25) is 4.79 Å². The molecule has 0 atom stereocenters. The van der Waals surface area contributed by atoms with Crippen molar-refractivity contribution in [3.8, 4) is 17.2 Å². The molecule has 0 unspecified atom stereocenters. The van der Waals surface area contributed by atoms with Gasteiger partial charge in [0.05, 0.1) is 16.8 Å². The Morgan fingerprint density at radius 3 is 2.86 bits per heavy atom. The molecule has 0 aliphatic heterocycles. The van der Waals surface area contributed by atoms with Crippen molar-refractivity contribution in [3.05, 3.63) is 70.3 Å². The van der Waals surface area contributed by atoms with E-state index in [0.717, 1.165) is 11.1 Å². The average Bonchev–Trinajstić information content (AvgIpc) is 3.13. The molecule has 6 nitrogen and oxygen atoms in total. The quantitative estimate of drug-likeness (QED) is 0.488. The van der Waals surface area contributed by atoms with Gasteiger partial charge in [-0.1, -0.05) is 29.3 Å². The number of pyridine rings is 1. The zero-order valence-corrected chi connectivity index (χ0v) is 16.8. The highest BCUT2D eigenvalue weighted by atomic mass is 35.5. The van der Waals surface area contributed by atoms with Crippen molar-refractivity contribution in [1.82, 2.24) is 4.98 Å². The molecule has 8 heteroatoms. The standard InChI is InChI=1S/C21H15Cl2N3O3/c1-12-4-5-13(21-26-20-18(29-21)3-2-8-24-20)9-16(12)25-19(27)11-28-17-7-6-14(22)10-15(17)23/h2-10H,11H2,1H3,(H,25,27)/p+1. The number of halogens is 2. The van der Waals surface area contributed by atoms with Crippen LogP contribution in [-0.2, 0) is 4.79 Å². The van der Waals surface area contributed by atoms with E-state index in [9.17, 15) is 4.79 Å². The Hall–Kier alpha value is -3.09. The number of anilines is 1. The Labute approximate surface area is 176 Å². The minimum Gasteiger partial charge on any atom is -0.482 e. The van der Waals surface area contributed by atoms with Crippen LogP contribution in [-0.4, -0.2) is 17.5 Å². The first-order chi connectivity index (χ1) is 14.0. The smallest absolute Gasteiger partial charge is 0.368 e. The van der Waals surface area contributed by atoms with Crippen LogP contribution in [0.3, 0.4) is 0 Å². The Kier molecular flexibility index (Phi) is 5.38. The summed E-state index contributed by atoms with van der Waals surface area (Å²) in [7, 11) is 0. The van der Waals surface area contributed by atoms with E-state index in [1.54, 1.807) is 24.4 Å². The number of H-pyrrole nitrogens is 1. The largest absolute Gasteiger partial charge is 0.482 e. The predicted molar refractivity (Wildman–Crippen MR) is 111 cm³/mol. The molecule has 146 valence electrons. The van der Waals surface area contributed by atoms with Crippen LogP contribution in [0.5, 0.6) is 5.75 Å². The summed E-state index contributed by atoms with van der Waals surface area (Å²) in [6, 6.07) is 14.1. The molecule has 0 saturated heterocycles. The molecule has 0 aliphatic rings. The molecule has 1 amide bonds. The number of hydrogen-bond acceptors (Lipinski definition) is 4. The number of oxazole rings is 1. The number of aromatic nitrogens is 2. The van der Waals surface area contributed by atoms with Crippen LogP contribution < -0.4 is 15.0 Å². The van der Waals surface area contributed by atoms with E-state index in [1.807, 2.05) is 37.3 Å². The minimum atomic E-state index is -0.317. The van der Waals surface area contributed by atoms with Crippen LogP contribution in [0.4, 0.5) is 5.69 Å². The van der Waals surface area contributed by atoms with E-state index >= 15 is 0 Å². The lowest BCUT2D eigenvalue weighted by Gasteiger charge is -2.11. The average molecular weight is 429 g/mol. The van der Waals surface area contributed by atoms with Crippen molar-refractivity contribution in [1.29, 1.82) is 0 Å². The third-order valence-corrected chi connectivity index (χ3v) is 4.76. The molecule has 29 heavy (non-hydrogen) atoms. The number of benzene rings is 2. The van der Waals surface area contributed by atoms with Crippen LogP contribution in [0.2, 0.25) is 10.0 Å². The molecule has 0 fully saturated rings. The van der Waals surface area contributed by atoms with Gasteiger partial charge in [-0.25, -0.2) is 4.98 Å². The lowest BCUT2D eigenvalue weighted by atomic mass is 10.1. The third kappa shape index (κ3) is 4.34. The van der Waals surface area contributed by atoms with Gasteiger partial charge in [-0.15, -0.1) is 0 Å². The van der Waals surface area contributed by atoms with Gasteiger partial charge in [-0.2, -0.15) is 0 Å². The van der Waals surface area contributed by atoms with Gasteiger partial charge in [0.25, 0.3) is 5.91 Å². The zero-order valence-electron chi connectivity index (χ0n) is 15.3. The molecule has 2 aromatic carbocycles. The van der Waals surface area contributed by atoms with E-state index in [4.69, 9.17) is 32.4 Å². The third-order valence-electron chi connectivity index (χ3n) is 4.23. The fraction of sp³-hybridized carbons (Fsp3) is 0.0952. The summed E-state index contributed by atoms with van der Waals surface area (Å²) in [5, 5.41) is 3.68. The van der Waals surface area contributed by atoms with Crippen molar-refractivity contribution >= 4 is 46.0 Å². The number of carbonyl (C=O) groups excluding carboxylic acids is 1. The Bertz CT molecular complexity index is 1170. The molecule has 2 aromatic heterocycles. The zero-order chi connectivity index (χ0) is 20.4. The van der Waals surface area contributed by atoms with Crippen molar-refractivity contribution in [2.45, 2.75) is 6.92 Å². The fourth-order valence-corrected chi connectivity index (χ4v) is 3.21. The first kappa shape index (κ1) is 19.2. The maximum Gasteiger partial charge on any atom is 0.368 e. The number of rotatable bonds is 5. The predicted octanol–water partition coefficient (Wildman–Crippen LogP) is 4.94. The van der Waals surface area contributed by atoms with Gasteiger partial charge in [0, 0.05) is 15.7 Å². The van der Waals surface area contributed by atoms with Gasteiger partial charge in [-0.05, 0) is 55.0 Å². The monoisotopic (exact) mass is 428 g/mol. The Morgan fingerprint density at radius 2 is 2.07 bits per heavy atom. The van der Waals surface area contributed by atoms with Crippen LogP contribution in [0, 0.1) is 6.92 Å². The SMILES string of the molecule is Cc1ccc(-c2nc3[nH+]cccc3o2)cc1NC(=O)COc1ccc(Cl)cc1Cl. The van der Waals surface area contributed by atoms with Crippen LogP contribution in [0.1, 0.15) is 5.56 Å². The van der Waals surface area contributed by atoms with E-state index in [-0.39, 0.29) is 12.5 Å². The normalized spacial score (nSPS) is 10.9. The molecule has 0 spiro atoms. The summed E-state index contributed by atoms with van der Waals surface area (Å²) >= 11 is 11.9. The van der Waals surface area contributed by atoms with Gasteiger partial charge in [0.15, 0.2) is 6.61 Å². The number of hydrogen-bond donors (Lipinski definition) is 1. The van der Waals surface area contributed by atoms with Crippen molar-refractivity contribution in [2.75, 3.05) is 11.9 Å². The van der Waals surface area contributed by atoms with E-state index < -0.39 is 0 Å². The van der Waals surface area contributed by atoms with Crippen molar-refractivity contribution < 1.29 is 18.9 Å². The fourth-order valence-electron chi connectivity index (χ4n) is 2.75. The summed E-state index contributed by atoms with van der Waals surface area (Å²) in [6.45, 7) is 1.71. The topological polar surface area (TPSA) is 78.5 Å². The number of amides is 1. The second-order valence-corrected chi connectivity index (χ2v) is 7.19. The first-order valence-electron chi connectivity index (χ1n) is 8.75. The number of aromatic amines is 1. The second kappa shape index (κ2) is 8.11. The number of aryl methyl sites for hydroxylation is 1.